The van der Waals surface area contributed by atoms with Crippen molar-refractivity contribution in [1.29, 1.82) is 0 Å². The van der Waals surface area contributed by atoms with E-state index in [-0.39, 0.29) is 24.3 Å². The van der Waals surface area contributed by atoms with Crippen LogP contribution in [0.4, 0.5) is 0 Å². The summed E-state index contributed by atoms with van der Waals surface area (Å²) in [5, 5.41) is 0. The van der Waals surface area contributed by atoms with Gasteiger partial charge >= 0.3 is 5.97 Å². The normalized spacial score (nSPS) is 18.7. The summed E-state index contributed by atoms with van der Waals surface area (Å²) in [5.74, 6) is -0.362. The van der Waals surface area contributed by atoms with Crippen molar-refractivity contribution >= 4 is 27.8 Å². The predicted molar refractivity (Wildman–Crippen MR) is 77.2 cm³/mol. The zero-order valence-corrected chi connectivity index (χ0v) is 12.9. The first-order valence-electron chi connectivity index (χ1n) is 6.61. The van der Waals surface area contributed by atoms with E-state index < -0.39 is 0 Å². The summed E-state index contributed by atoms with van der Waals surface area (Å²) in [6.45, 7) is 0.668. The molecule has 0 bridgehead atoms. The molecular weight excluding hydrogens is 324 g/mol. The molecule has 20 heavy (non-hydrogen) atoms. The second-order valence-corrected chi connectivity index (χ2v) is 5.52. The maximum Gasteiger partial charge on any atom is 0.307 e. The number of amides is 1. The molecule has 0 aliphatic carbocycles. The smallest absolute Gasteiger partial charge is 0.307 e. The van der Waals surface area contributed by atoms with E-state index in [0.717, 1.165) is 19.3 Å². The van der Waals surface area contributed by atoms with Crippen molar-refractivity contribution in [2.24, 2.45) is 0 Å². The molecule has 2 heterocycles. The number of pyridine rings is 1. The van der Waals surface area contributed by atoms with Crippen molar-refractivity contribution in [1.82, 2.24) is 9.88 Å². The Morgan fingerprint density at radius 3 is 3.00 bits per heavy atom. The van der Waals surface area contributed by atoms with Gasteiger partial charge in [0.2, 0.25) is 0 Å². The summed E-state index contributed by atoms with van der Waals surface area (Å²) in [4.78, 5) is 29.9. The molecule has 0 spiro atoms. The third kappa shape index (κ3) is 3.36. The molecule has 1 unspecified atom stereocenters. The Bertz CT molecular complexity index is 507. The number of halogens is 1. The van der Waals surface area contributed by atoms with Crippen LogP contribution in [-0.2, 0) is 9.53 Å². The first kappa shape index (κ1) is 15.0. The predicted octanol–water partition coefficient (Wildman–Crippen LogP) is 2.40. The van der Waals surface area contributed by atoms with E-state index in [0.29, 0.717) is 16.7 Å². The molecule has 108 valence electrons. The molecule has 1 aliphatic rings. The Hall–Kier alpha value is -1.43. The minimum absolute atomic E-state index is 0.0846. The number of esters is 1. The molecule has 1 amide bonds. The second kappa shape index (κ2) is 6.83. The lowest BCUT2D eigenvalue weighted by Crippen LogP contribution is -2.45. The quantitative estimate of drug-likeness (QED) is 0.626. The number of aromatic nitrogens is 1. The first-order chi connectivity index (χ1) is 9.63. The lowest BCUT2D eigenvalue weighted by Gasteiger charge is -2.35. The zero-order chi connectivity index (χ0) is 14.5. The topological polar surface area (TPSA) is 59.5 Å². The molecule has 0 radical (unpaired) electrons. The fourth-order valence-corrected chi connectivity index (χ4v) is 2.88. The molecule has 0 saturated carbocycles. The van der Waals surface area contributed by atoms with E-state index in [1.807, 2.05) is 0 Å². The highest BCUT2D eigenvalue weighted by Crippen LogP contribution is 2.24. The van der Waals surface area contributed by atoms with Gasteiger partial charge in [0.25, 0.3) is 5.91 Å². The molecule has 2 rings (SSSR count). The second-order valence-electron chi connectivity index (χ2n) is 4.77. The maximum absolute atomic E-state index is 12.6. The summed E-state index contributed by atoms with van der Waals surface area (Å²) in [5.41, 5.74) is 0.532. The Balaban J connectivity index is 2.17. The van der Waals surface area contributed by atoms with Crippen molar-refractivity contribution < 1.29 is 14.3 Å². The minimum Gasteiger partial charge on any atom is -0.469 e. The highest BCUT2D eigenvalue weighted by Gasteiger charge is 2.30. The highest BCUT2D eigenvalue weighted by atomic mass is 79.9. The van der Waals surface area contributed by atoms with Gasteiger partial charge in [-0.3, -0.25) is 9.59 Å². The first-order valence-corrected chi connectivity index (χ1v) is 7.41. The highest BCUT2D eigenvalue weighted by molar-refractivity contribution is 9.10. The van der Waals surface area contributed by atoms with Crippen molar-refractivity contribution in [2.45, 2.75) is 31.7 Å². The van der Waals surface area contributed by atoms with Gasteiger partial charge in [0.05, 0.1) is 19.1 Å². The Morgan fingerprint density at radius 2 is 2.30 bits per heavy atom. The fraction of sp³-hybridized carbons (Fsp3) is 0.500. The molecule has 1 aromatic heterocycles. The Morgan fingerprint density at radius 1 is 1.50 bits per heavy atom. The van der Waals surface area contributed by atoms with Crippen LogP contribution < -0.4 is 0 Å². The van der Waals surface area contributed by atoms with Gasteiger partial charge < -0.3 is 9.64 Å². The number of nitrogens with zero attached hydrogens (tertiary/aromatic N) is 2. The third-order valence-corrected chi connectivity index (χ3v) is 4.14. The Labute approximate surface area is 126 Å². The third-order valence-electron chi connectivity index (χ3n) is 3.51. The van der Waals surface area contributed by atoms with Gasteiger partial charge in [0.15, 0.2) is 0 Å². The number of likely N-dealkylation sites (tertiary alicyclic amines) is 1. The largest absolute Gasteiger partial charge is 0.469 e. The van der Waals surface area contributed by atoms with E-state index in [9.17, 15) is 9.59 Å². The summed E-state index contributed by atoms with van der Waals surface area (Å²) in [6, 6.07) is 3.39. The van der Waals surface area contributed by atoms with Crippen LogP contribution >= 0.6 is 15.9 Å². The molecule has 1 fully saturated rings. The van der Waals surface area contributed by atoms with Crippen molar-refractivity contribution in [3.63, 3.8) is 0 Å². The number of hydrogen-bond acceptors (Lipinski definition) is 4. The summed E-state index contributed by atoms with van der Waals surface area (Å²) < 4.78 is 5.25. The molecular formula is C14H17BrN2O3. The summed E-state index contributed by atoms with van der Waals surface area (Å²) in [7, 11) is 1.37. The maximum atomic E-state index is 12.6. The van der Waals surface area contributed by atoms with Gasteiger partial charge in [0.1, 0.15) is 4.60 Å². The number of rotatable bonds is 3. The average Bonchev–Trinajstić information content (AvgIpc) is 2.47. The van der Waals surface area contributed by atoms with Gasteiger partial charge in [-0.1, -0.05) is 0 Å². The number of carbonyl (C=O) groups excluding carboxylic acids is 2. The van der Waals surface area contributed by atoms with Crippen LogP contribution in [0, 0.1) is 0 Å². The Kier molecular flexibility index (Phi) is 5.11. The van der Waals surface area contributed by atoms with Crippen LogP contribution in [0.2, 0.25) is 0 Å². The van der Waals surface area contributed by atoms with E-state index in [4.69, 9.17) is 4.74 Å². The summed E-state index contributed by atoms with van der Waals surface area (Å²) >= 11 is 3.30. The molecule has 0 aromatic carbocycles. The van der Waals surface area contributed by atoms with Gasteiger partial charge in [-0.25, -0.2) is 4.98 Å². The van der Waals surface area contributed by atoms with Crippen molar-refractivity contribution in [2.75, 3.05) is 13.7 Å². The van der Waals surface area contributed by atoms with Gasteiger partial charge in [-0.15, -0.1) is 0 Å². The van der Waals surface area contributed by atoms with Crippen molar-refractivity contribution in [3.05, 3.63) is 28.5 Å². The number of ether oxygens (including phenoxy) is 1. The van der Waals surface area contributed by atoms with Gasteiger partial charge in [-0.2, -0.15) is 0 Å². The lowest BCUT2D eigenvalue weighted by atomic mass is 9.98. The monoisotopic (exact) mass is 340 g/mol. The lowest BCUT2D eigenvalue weighted by molar-refractivity contribution is -0.142. The van der Waals surface area contributed by atoms with E-state index in [2.05, 4.69) is 20.9 Å². The minimum atomic E-state index is -0.278. The molecule has 5 nitrogen and oxygen atoms in total. The van der Waals surface area contributed by atoms with Gasteiger partial charge in [0, 0.05) is 18.8 Å². The molecule has 1 atom stereocenters. The zero-order valence-electron chi connectivity index (χ0n) is 11.3. The standard InChI is InChI=1S/C14H17BrN2O3/c1-20-12(18)9-10-5-2-3-8-17(10)14(19)11-6-4-7-16-13(11)15/h4,6-7,10H,2-3,5,8-9H2,1H3. The molecule has 6 heteroatoms. The van der Waals surface area contributed by atoms with Gasteiger partial charge in [-0.05, 0) is 47.3 Å². The molecule has 1 aromatic rings. The molecule has 1 aliphatic heterocycles. The van der Waals surface area contributed by atoms with Crippen LogP contribution in [0.5, 0.6) is 0 Å². The number of carbonyl (C=O) groups is 2. The SMILES string of the molecule is COC(=O)CC1CCCCN1C(=O)c1cccnc1Br. The molecule has 1 saturated heterocycles. The van der Waals surface area contributed by atoms with Crippen molar-refractivity contribution in [3.8, 4) is 0 Å². The van der Waals surface area contributed by atoms with Crippen LogP contribution in [-0.4, -0.2) is 41.5 Å². The van der Waals surface area contributed by atoms with E-state index in [1.165, 1.54) is 7.11 Å². The van der Waals surface area contributed by atoms with Crippen LogP contribution in [0.1, 0.15) is 36.0 Å². The number of methoxy groups -OCH3 is 1. The van der Waals surface area contributed by atoms with E-state index in [1.54, 1.807) is 23.2 Å². The fourth-order valence-electron chi connectivity index (χ4n) is 2.46. The number of piperidine rings is 1. The average molecular weight is 341 g/mol. The van der Waals surface area contributed by atoms with Crippen LogP contribution in [0.3, 0.4) is 0 Å². The molecule has 0 N–H and O–H groups in total. The van der Waals surface area contributed by atoms with Crippen LogP contribution in [0.15, 0.2) is 22.9 Å². The van der Waals surface area contributed by atoms with E-state index >= 15 is 0 Å². The number of hydrogen-bond donors (Lipinski definition) is 0. The van der Waals surface area contributed by atoms with Crippen LogP contribution in [0.25, 0.3) is 0 Å². The summed E-state index contributed by atoms with van der Waals surface area (Å²) in [6.07, 6.45) is 4.70.